The van der Waals surface area contributed by atoms with Crippen LogP contribution in [0.3, 0.4) is 0 Å². The molecule has 6 nitrogen and oxygen atoms in total. The molecule has 2 aromatic rings. The van der Waals surface area contributed by atoms with Crippen molar-refractivity contribution >= 4 is 6.03 Å². The third kappa shape index (κ3) is 5.21. The Bertz CT molecular complexity index is 814. The van der Waals surface area contributed by atoms with E-state index in [1.807, 2.05) is 61.5 Å². The van der Waals surface area contributed by atoms with Gasteiger partial charge in [-0.1, -0.05) is 42.5 Å². The molecule has 29 heavy (non-hydrogen) atoms. The molecule has 4 rings (SSSR count). The third-order valence-corrected chi connectivity index (χ3v) is 5.52. The summed E-state index contributed by atoms with van der Waals surface area (Å²) in [5.41, 5.74) is 1.10. The molecule has 0 saturated carbocycles. The van der Waals surface area contributed by atoms with Crippen LogP contribution in [0.15, 0.2) is 54.6 Å². The summed E-state index contributed by atoms with van der Waals surface area (Å²) >= 11 is 0. The lowest BCUT2D eigenvalue weighted by Gasteiger charge is -2.36. The van der Waals surface area contributed by atoms with Gasteiger partial charge in [0.2, 0.25) is 0 Å². The van der Waals surface area contributed by atoms with E-state index in [4.69, 9.17) is 9.47 Å². The zero-order chi connectivity index (χ0) is 20.1. The first-order valence-electron chi connectivity index (χ1n) is 10.4. The molecule has 6 heteroatoms. The Labute approximate surface area is 172 Å². The molecule has 1 saturated heterocycles. The summed E-state index contributed by atoms with van der Waals surface area (Å²) in [5.74, 6) is 1.62. The van der Waals surface area contributed by atoms with Crippen molar-refractivity contribution in [2.75, 3.05) is 26.2 Å². The number of benzene rings is 2. The van der Waals surface area contributed by atoms with E-state index >= 15 is 0 Å². The molecule has 0 aromatic heterocycles. The highest BCUT2D eigenvalue weighted by Gasteiger charge is 2.27. The Morgan fingerprint density at radius 2 is 1.90 bits per heavy atom. The smallest absolute Gasteiger partial charge is 0.315 e. The minimum Gasteiger partial charge on any atom is -0.486 e. The van der Waals surface area contributed by atoms with E-state index in [1.165, 1.54) is 0 Å². The number of para-hydroxylation sites is 2. The zero-order valence-corrected chi connectivity index (χ0v) is 16.8. The van der Waals surface area contributed by atoms with Crippen molar-refractivity contribution in [3.05, 3.63) is 60.2 Å². The second-order valence-electron chi connectivity index (χ2n) is 7.85. The van der Waals surface area contributed by atoms with E-state index in [-0.39, 0.29) is 24.2 Å². The molecule has 0 bridgehead atoms. The van der Waals surface area contributed by atoms with Crippen LogP contribution in [0.2, 0.25) is 0 Å². The lowest BCUT2D eigenvalue weighted by atomic mass is 10.1. The summed E-state index contributed by atoms with van der Waals surface area (Å²) in [6.45, 7) is 5.20. The van der Waals surface area contributed by atoms with Gasteiger partial charge < -0.3 is 20.1 Å². The number of piperidine rings is 1. The SMILES string of the molecule is CC(NC(=O)N[C@H]1CCCN(C[C@H]2COc3ccccc3O2)C1)c1ccccc1. The molecule has 2 N–H and O–H groups in total. The number of nitrogens with one attached hydrogen (secondary N) is 2. The zero-order valence-electron chi connectivity index (χ0n) is 16.8. The number of carbonyl (C=O) groups excluding carboxylic acids is 1. The fourth-order valence-corrected chi connectivity index (χ4v) is 4.03. The number of hydrogen-bond donors (Lipinski definition) is 2. The number of rotatable bonds is 5. The molecule has 2 heterocycles. The molecule has 2 aromatic carbocycles. The predicted octanol–water partition coefficient (Wildman–Crippen LogP) is 3.35. The van der Waals surface area contributed by atoms with Gasteiger partial charge >= 0.3 is 6.03 Å². The van der Waals surface area contributed by atoms with Crippen molar-refractivity contribution < 1.29 is 14.3 Å². The number of fused-ring (bicyclic) bond motifs is 1. The number of urea groups is 1. The maximum Gasteiger partial charge on any atom is 0.315 e. The van der Waals surface area contributed by atoms with Gasteiger partial charge in [-0.25, -0.2) is 4.79 Å². The summed E-state index contributed by atoms with van der Waals surface area (Å²) < 4.78 is 11.9. The van der Waals surface area contributed by atoms with Crippen LogP contribution in [0.1, 0.15) is 31.4 Å². The Hall–Kier alpha value is -2.73. The van der Waals surface area contributed by atoms with Crippen LogP contribution in [-0.2, 0) is 0 Å². The summed E-state index contributed by atoms with van der Waals surface area (Å²) in [6.07, 6.45) is 2.06. The lowest BCUT2D eigenvalue weighted by Crippen LogP contribution is -2.53. The van der Waals surface area contributed by atoms with Gasteiger partial charge in [-0.05, 0) is 44.0 Å². The van der Waals surface area contributed by atoms with Crippen LogP contribution < -0.4 is 20.1 Å². The number of nitrogens with zero attached hydrogens (tertiary/aromatic N) is 1. The van der Waals surface area contributed by atoms with E-state index in [0.29, 0.717) is 6.61 Å². The normalized spacial score (nSPS) is 22.5. The average molecular weight is 396 g/mol. The Kier molecular flexibility index (Phi) is 6.20. The third-order valence-electron chi connectivity index (χ3n) is 5.52. The predicted molar refractivity (Wildman–Crippen MR) is 112 cm³/mol. The fourth-order valence-electron chi connectivity index (χ4n) is 4.03. The van der Waals surface area contributed by atoms with Gasteiger partial charge in [0.25, 0.3) is 0 Å². The fraction of sp³-hybridized carbons (Fsp3) is 0.435. The first kappa shape index (κ1) is 19.6. The minimum atomic E-state index is -0.112. The van der Waals surface area contributed by atoms with Gasteiger partial charge in [0.15, 0.2) is 11.5 Å². The maximum absolute atomic E-state index is 12.4. The minimum absolute atomic E-state index is 0.00980. The van der Waals surface area contributed by atoms with Gasteiger partial charge in [-0.2, -0.15) is 0 Å². The van der Waals surface area contributed by atoms with Crippen molar-refractivity contribution in [1.29, 1.82) is 0 Å². The van der Waals surface area contributed by atoms with E-state index < -0.39 is 0 Å². The average Bonchev–Trinajstić information content (AvgIpc) is 2.74. The molecule has 3 atom stereocenters. The monoisotopic (exact) mass is 395 g/mol. The number of amides is 2. The largest absolute Gasteiger partial charge is 0.486 e. The van der Waals surface area contributed by atoms with E-state index in [0.717, 1.165) is 49.5 Å². The summed E-state index contributed by atoms with van der Waals surface area (Å²) in [4.78, 5) is 14.8. The van der Waals surface area contributed by atoms with Gasteiger partial charge in [0, 0.05) is 19.1 Å². The Morgan fingerprint density at radius 1 is 1.14 bits per heavy atom. The number of likely N-dealkylation sites (tertiary alicyclic amines) is 1. The highest BCUT2D eigenvalue weighted by molar-refractivity contribution is 5.74. The molecular weight excluding hydrogens is 366 g/mol. The van der Waals surface area contributed by atoms with Crippen molar-refractivity contribution in [1.82, 2.24) is 15.5 Å². The van der Waals surface area contributed by atoms with Crippen molar-refractivity contribution in [3.8, 4) is 11.5 Å². The summed E-state index contributed by atoms with van der Waals surface area (Å²) in [7, 11) is 0. The summed E-state index contributed by atoms with van der Waals surface area (Å²) in [5, 5.41) is 6.18. The maximum atomic E-state index is 12.4. The highest BCUT2D eigenvalue weighted by atomic mass is 16.6. The standard InChI is InChI=1S/C23H29N3O3/c1-17(18-8-3-2-4-9-18)24-23(27)25-19-10-7-13-26(14-19)15-20-16-28-21-11-5-6-12-22(21)29-20/h2-6,8-9,11-12,17,19-20H,7,10,13-16H2,1H3,(H2,24,25,27)/t17?,19-,20-/m0/s1. The van der Waals surface area contributed by atoms with Gasteiger partial charge in [0.05, 0.1) is 6.04 Å². The first-order valence-corrected chi connectivity index (χ1v) is 10.4. The van der Waals surface area contributed by atoms with Gasteiger partial charge in [-0.15, -0.1) is 0 Å². The van der Waals surface area contributed by atoms with E-state index in [2.05, 4.69) is 15.5 Å². The van der Waals surface area contributed by atoms with Crippen LogP contribution in [0.4, 0.5) is 4.79 Å². The number of carbonyl (C=O) groups is 1. The quantitative estimate of drug-likeness (QED) is 0.815. The second-order valence-corrected chi connectivity index (χ2v) is 7.85. The molecular formula is C23H29N3O3. The number of hydrogen-bond acceptors (Lipinski definition) is 4. The lowest BCUT2D eigenvalue weighted by molar-refractivity contribution is 0.0492. The van der Waals surface area contributed by atoms with Gasteiger partial charge in [0.1, 0.15) is 12.7 Å². The first-order chi connectivity index (χ1) is 14.2. The van der Waals surface area contributed by atoms with Crippen molar-refractivity contribution in [3.63, 3.8) is 0 Å². The van der Waals surface area contributed by atoms with E-state index in [1.54, 1.807) is 0 Å². The van der Waals surface area contributed by atoms with Crippen LogP contribution in [0, 0.1) is 0 Å². The van der Waals surface area contributed by atoms with Crippen molar-refractivity contribution in [2.24, 2.45) is 0 Å². The molecule has 154 valence electrons. The molecule has 2 amide bonds. The molecule has 1 unspecified atom stereocenters. The van der Waals surface area contributed by atoms with Crippen LogP contribution in [0.5, 0.6) is 11.5 Å². The molecule has 0 aliphatic carbocycles. The molecule has 0 radical (unpaired) electrons. The van der Waals surface area contributed by atoms with Gasteiger partial charge in [-0.3, -0.25) is 4.90 Å². The van der Waals surface area contributed by atoms with Crippen LogP contribution in [0.25, 0.3) is 0 Å². The van der Waals surface area contributed by atoms with E-state index in [9.17, 15) is 4.79 Å². The molecule has 1 fully saturated rings. The molecule has 2 aliphatic heterocycles. The molecule has 2 aliphatic rings. The van der Waals surface area contributed by atoms with Crippen molar-refractivity contribution in [2.45, 2.75) is 38.0 Å². The molecule has 0 spiro atoms. The number of ether oxygens (including phenoxy) is 2. The Balaban J connectivity index is 1.25. The summed E-state index contributed by atoms with van der Waals surface area (Å²) in [6, 6.07) is 17.8. The second kappa shape index (κ2) is 9.18. The van der Waals surface area contributed by atoms with Crippen LogP contribution in [-0.4, -0.2) is 49.3 Å². The topological polar surface area (TPSA) is 62.8 Å². The highest BCUT2D eigenvalue weighted by Crippen LogP contribution is 2.31. The van der Waals surface area contributed by atoms with Crippen LogP contribution >= 0.6 is 0 Å². The Morgan fingerprint density at radius 3 is 2.72 bits per heavy atom.